The predicted molar refractivity (Wildman–Crippen MR) is 124 cm³/mol. The molecule has 0 unspecified atom stereocenters. The van der Waals surface area contributed by atoms with Gasteiger partial charge in [-0.15, -0.1) is 0 Å². The summed E-state index contributed by atoms with van der Waals surface area (Å²) in [6.45, 7) is 5.35. The Balaban J connectivity index is 1.63. The van der Waals surface area contributed by atoms with Crippen LogP contribution in [0.3, 0.4) is 0 Å². The molecule has 8 heteroatoms. The van der Waals surface area contributed by atoms with Crippen molar-refractivity contribution in [2.45, 2.75) is 20.8 Å². The molecule has 2 N–H and O–H groups in total. The van der Waals surface area contributed by atoms with Gasteiger partial charge in [0.2, 0.25) is 5.91 Å². The van der Waals surface area contributed by atoms with Crippen molar-refractivity contribution in [2.24, 2.45) is 0 Å². The Morgan fingerprint density at radius 3 is 2.50 bits per heavy atom. The van der Waals surface area contributed by atoms with Crippen LogP contribution in [0.2, 0.25) is 0 Å². The summed E-state index contributed by atoms with van der Waals surface area (Å²) >= 11 is 0. The Morgan fingerprint density at radius 1 is 0.969 bits per heavy atom. The highest BCUT2D eigenvalue weighted by Crippen LogP contribution is 2.34. The van der Waals surface area contributed by atoms with E-state index in [0.717, 1.165) is 28.1 Å². The van der Waals surface area contributed by atoms with Gasteiger partial charge in [-0.25, -0.2) is 9.97 Å². The van der Waals surface area contributed by atoms with Gasteiger partial charge in [-0.1, -0.05) is 0 Å². The first-order chi connectivity index (χ1) is 15.4. The Kier molecular flexibility index (Phi) is 5.85. The average molecular weight is 429 g/mol. The Hall–Kier alpha value is -4.20. The lowest BCUT2D eigenvalue weighted by Crippen LogP contribution is -2.07. The fourth-order valence-electron chi connectivity index (χ4n) is 3.26. The minimum absolute atomic E-state index is 0.191. The lowest BCUT2D eigenvalue weighted by atomic mass is 10.1. The molecule has 0 spiro atoms. The molecule has 2 aromatic heterocycles. The van der Waals surface area contributed by atoms with Crippen LogP contribution < -0.4 is 20.1 Å². The van der Waals surface area contributed by atoms with Crippen LogP contribution >= 0.6 is 0 Å². The van der Waals surface area contributed by atoms with E-state index in [9.17, 15) is 4.79 Å². The molecular formula is C24H23N5O3. The lowest BCUT2D eigenvalue weighted by Gasteiger charge is -2.14. The minimum Gasteiger partial charge on any atom is -0.494 e. The van der Waals surface area contributed by atoms with E-state index in [1.807, 2.05) is 44.2 Å². The number of aromatic nitrogens is 3. The average Bonchev–Trinajstić information content (AvgIpc) is 2.76. The van der Waals surface area contributed by atoms with Crippen LogP contribution in [0, 0.1) is 13.8 Å². The number of benzene rings is 2. The molecular weight excluding hydrogens is 406 g/mol. The molecule has 0 saturated heterocycles. The summed E-state index contributed by atoms with van der Waals surface area (Å²) in [5.74, 6) is 2.37. The van der Waals surface area contributed by atoms with Crippen LogP contribution in [0.15, 0.2) is 55.0 Å². The van der Waals surface area contributed by atoms with Crippen LogP contribution in [0.5, 0.6) is 17.2 Å². The molecule has 2 aromatic carbocycles. The molecule has 0 fully saturated rings. The highest BCUT2D eigenvalue weighted by atomic mass is 16.5. The number of carbonyl (C=O) groups excluding carboxylic acids is 1. The van der Waals surface area contributed by atoms with Crippen molar-refractivity contribution in [3.8, 4) is 17.2 Å². The van der Waals surface area contributed by atoms with Crippen LogP contribution in [-0.2, 0) is 4.79 Å². The summed E-state index contributed by atoms with van der Waals surface area (Å²) in [5, 5.41) is 6.86. The SMILES string of the molecule is COc1cc2ncnc(Nc3ccc(Oc4ccc(C)nc4)c(C)c3)c2cc1NC(C)=O. The number of carbonyl (C=O) groups is 1. The van der Waals surface area contributed by atoms with Gasteiger partial charge in [0.1, 0.15) is 29.4 Å². The number of aryl methyl sites for hydroxylation is 2. The number of ether oxygens (including phenoxy) is 2. The standard InChI is InChI=1S/C24H23N5O3/c1-14-9-17(6-8-22(14)32-18-7-5-15(2)25-12-18)29-24-19-10-21(28-16(3)30)23(31-4)11-20(19)26-13-27-24/h5-13H,1-4H3,(H,28,30)(H,26,27,29). The molecule has 0 aliphatic carbocycles. The third-order valence-corrected chi connectivity index (χ3v) is 4.82. The lowest BCUT2D eigenvalue weighted by molar-refractivity contribution is -0.114. The molecule has 0 bridgehead atoms. The van der Waals surface area contributed by atoms with Crippen molar-refractivity contribution in [1.82, 2.24) is 15.0 Å². The Labute approximate surface area is 185 Å². The Morgan fingerprint density at radius 2 is 1.81 bits per heavy atom. The molecule has 4 rings (SSSR count). The van der Waals surface area contributed by atoms with Crippen molar-refractivity contribution in [3.05, 3.63) is 66.2 Å². The molecule has 162 valence electrons. The first kappa shape index (κ1) is 21.0. The summed E-state index contributed by atoms with van der Waals surface area (Å²) in [7, 11) is 1.55. The number of nitrogens with zero attached hydrogens (tertiary/aromatic N) is 3. The maximum absolute atomic E-state index is 11.6. The first-order valence-electron chi connectivity index (χ1n) is 10.0. The Bertz CT molecular complexity index is 1290. The fourth-order valence-corrected chi connectivity index (χ4v) is 3.26. The highest BCUT2D eigenvalue weighted by Gasteiger charge is 2.12. The van der Waals surface area contributed by atoms with E-state index < -0.39 is 0 Å². The fraction of sp³-hybridized carbons (Fsp3) is 0.167. The number of hydrogen-bond acceptors (Lipinski definition) is 7. The maximum atomic E-state index is 11.6. The number of nitrogens with one attached hydrogen (secondary N) is 2. The second-order valence-electron chi connectivity index (χ2n) is 7.32. The van der Waals surface area contributed by atoms with Gasteiger partial charge in [-0.3, -0.25) is 9.78 Å². The summed E-state index contributed by atoms with van der Waals surface area (Å²) in [5.41, 5.74) is 3.97. The van der Waals surface area contributed by atoms with Crippen molar-refractivity contribution in [1.29, 1.82) is 0 Å². The zero-order valence-corrected chi connectivity index (χ0v) is 18.3. The van der Waals surface area contributed by atoms with Crippen molar-refractivity contribution in [3.63, 3.8) is 0 Å². The van der Waals surface area contributed by atoms with Crippen molar-refractivity contribution in [2.75, 3.05) is 17.7 Å². The summed E-state index contributed by atoms with van der Waals surface area (Å²) in [6, 6.07) is 13.1. The number of hydrogen-bond donors (Lipinski definition) is 2. The van der Waals surface area contributed by atoms with Crippen molar-refractivity contribution < 1.29 is 14.3 Å². The number of amides is 1. The molecule has 32 heavy (non-hydrogen) atoms. The molecule has 8 nitrogen and oxygen atoms in total. The van der Waals surface area contributed by atoms with Gasteiger partial charge in [0.25, 0.3) is 0 Å². The summed E-state index contributed by atoms with van der Waals surface area (Å²) in [4.78, 5) is 24.6. The van der Waals surface area contributed by atoms with E-state index in [-0.39, 0.29) is 5.91 Å². The van der Waals surface area contributed by atoms with E-state index in [1.165, 1.54) is 13.3 Å². The van der Waals surface area contributed by atoms with E-state index in [1.54, 1.807) is 25.4 Å². The highest BCUT2D eigenvalue weighted by molar-refractivity contribution is 5.99. The van der Waals surface area contributed by atoms with Crippen molar-refractivity contribution >= 4 is 34.0 Å². The van der Waals surface area contributed by atoms with Gasteiger partial charge in [0, 0.05) is 29.8 Å². The monoisotopic (exact) mass is 429 g/mol. The van der Waals surface area contributed by atoms with E-state index in [2.05, 4.69) is 25.6 Å². The van der Waals surface area contributed by atoms with Gasteiger partial charge >= 0.3 is 0 Å². The smallest absolute Gasteiger partial charge is 0.221 e. The van der Waals surface area contributed by atoms with E-state index >= 15 is 0 Å². The first-order valence-corrected chi connectivity index (χ1v) is 10.0. The third kappa shape index (κ3) is 4.59. The predicted octanol–water partition coefficient (Wildman–Crippen LogP) is 5.14. The van der Waals surface area contributed by atoms with Crippen LogP contribution in [0.4, 0.5) is 17.2 Å². The van der Waals surface area contributed by atoms with Crippen LogP contribution in [0.25, 0.3) is 10.9 Å². The number of fused-ring (bicyclic) bond motifs is 1. The zero-order chi connectivity index (χ0) is 22.7. The molecule has 0 saturated carbocycles. The zero-order valence-electron chi connectivity index (χ0n) is 18.3. The van der Waals surface area contributed by atoms with Gasteiger partial charge in [-0.05, 0) is 55.8 Å². The van der Waals surface area contributed by atoms with Gasteiger partial charge in [-0.2, -0.15) is 0 Å². The van der Waals surface area contributed by atoms with Gasteiger partial charge in [0.15, 0.2) is 0 Å². The molecule has 0 atom stereocenters. The number of rotatable bonds is 6. The van der Waals surface area contributed by atoms with E-state index in [0.29, 0.717) is 28.5 Å². The molecule has 0 aliphatic heterocycles. The number of methoxy groups -OCH3 is 1. The van der Waals surface area contributed by atoms with Crippen LogP contribution in [0.1, 0.15) is 18.2 Å². The molecule has 1 amide bonds. The molecule has 0 radical (unpaired) electrons. The summed E-state index contributed by atoms with van der Waals surface area (Å²) in [6.07, 6.45) is 3.19. The minimum atomic E-state index is -0.191. The number of anilines is 3. The second-order valence-corrected chi connectivity index (χ2v) is 7.32. The topological polar surface area (TPSA) is 98.3 Å². The maximum Gasteiger partial charge on any atom is 0.221 e. The quantitative estimate of drug-likeness (QED) is 0.438. The van der Waals surface area contributed by atoms with Gasteiger partial charge < -0.3 is 20.1 Å². The molecule has 2 heterocycles. The second kappa shape index (κ2) is 8.89. The third-order valence-electron chi connectivity index (χ3n) is 4.82. The largest absolute Gasteiger partial charge is 0.494 e. The van der Waals surface area contributed by atoms with Crippen LogP contribution in [-0.4, -0.2) is 28.0 Å². The summed E-state index contributed by atoms with van der Waals surface area (Å²) < 4.78 is 11.3. The van der Waals surface area contributed by atoms with Gasteiger partial charge in [0.05, 0.1) is 24.5 Å². The molecule has 0 aliphatic rings. The normalized spacial score (nSPS) is 10.6. The number of pyridine rings is 1. The molecule has 4 aromatic rings. The van der Waals surface area contributed by atoms with E-state index in [4.69, 9.17) is 9.47 Å².